The maximum atomic E-state index is 13.4. The first-order valence-corrected chi connectivity index (χ1v) is 5.87. The molecule has 8 heteroatoms. The van der Waals surface area contributed by atoms with E-state index in [0.717, 1.165) is 12.1 Å². The first-order chi connectivity index (χ1) is 9.58. The van der Waals surface area contributed by atoms with Crippen molar-refractivity contribution >= 4 is 11.6 Å². The van der Waals surface area contributed by atoms with Crippen molar-refractivity contribution < 1.29 is 13.6 Å². The number of halogens is 2. The van der Waals surface area contributed by atoms with Gasteiger partial charge in [-0.15, -0.1) is 5.10 Å². The van der Waals surface area contributed by atoms with Crippen molar-refractivity contribution in [3.05, 3.63) is 41.7 Å². The molecule has 1 heterocycles. The number of carbonyl (C=O) groups is 1. The number of aromatic nitrogens is 3. The zero-order chi connectivity index (χ0) is 14.5. The Morgan fingerprint density at radius 1 is 1.40 bits per heavy atom. The second kappa shape index (κ2) is 6.20. The molecule has 20 heavy (non-hydrogen) atoms. The van der Waals surface area contributed by atoms with Gasteiger partial charge in [0.15, 0.2) is 0 Å². The lowest BCUT2D eigenvalue weighted by molar-refractivity contribution is -0.116. The quantitative estimate of drug-likeness (QED) is 0.854. The molecule has 0 spiro atoms. The fourth-order valence-corrected chi connectivity index (χ4v) is 1.61. The Bertz CT molecular complexity index is 614. The molecule has 1 aromatic carbocycles. The van der Waals surface area contributed by atoms with Crippen LogP contribution in [0.15, 0.2) is 24.4 Å². The largest absolute Gasteiger partial charge is 0.322 e. The van der Waals surface area contributed by atoms with Crippen LogP contribution in [0.3, 0.4) is 0 Å². The fraction of sp³-hybridized carbons (Fsp3) is 0.250. The summed E-state index contributed by atoms with van der Waals surface area (Å²) in [5.74, 6) is -2.00. The summed E-state index contributed by atoms with van der Waals surface area (Å²) in [5.41, 5.74) is 0.611. The van der Waals surface area contributed by atoms with Crippen molar-refractivity contribution in [2.45, 2.75) is 13.1 Å². The first-order valence-electron chi connectivity index (χ1n) is 5.87. The van der Waals surface area contributed by atoms with E-state index in [1.54, 1.807) is 13.2 Å². The molecule has 1 aromatic heterocycles. The number of rotatable bonds is 5. The Labute approximate surface area is 113 Å². The summed E-state index contributed by atoms with van der Waals surface area (Å²) < 4.78 is 27.4. The lowest BCUT2D eigenvalue weighted by Crippen LogP contribution is -2.19. The van der Waals surface area contributed by atoms with Crippen molar-refractivity contribution in [3.8, 4) is 0 Å². The van der Waals surface area contributed by atoms with Gasteiger partial charge in [0.1, 0.15) is 18.2 Å². The van der Waals surface area contributed by atoms with Crippen LogP contribution in [0.2, 0.25) is 0 Å². The predicted molar refractivity (Wildman–Crippen MR) is 67.8 cm³/mol. The highest BCUT2D eigenvalue weighted by atomic mass is 19.1. The highest BCUT2D eigenvalue weighted by molar-refractivity contribution is 5.90. The summed E-state index contributed by atoms with van der Waals surface area (Å²) >= 11 is 0. The van der Waals surface area contributed by atoms with Crippen LogP contribution in [-0.2, 0) is 17.9 Å². The van der Waals surface area contributed by atoms with E-state index in [1.807, 2.05) is 0 Å². The topological polar surface area (TPSA) is 71.8 Å². The van der Waals surface area contributed by atoms with Crippen LogP contribution >= 0.6 is 0 Å². The third-order valence-corrected chi connectivity index (χ3v) is 2.45. The molecule has 1 amide bonds. The molecule has 0 fully saturated rings. The highest BCUT2D eigenvalue weighted by Gasteiger charge is 2.09. The maximum absolute atomic E-state index is 13.4. The first kappa shape index (κ1) is 14.1. The maximum Gasteiger partial charge on any atom is 0.246 e. The lowest BCUT2D eigenvalue weighted by Gasteiger charge is -2.06. The SMILES string of the molecule is CNCc1cn(CC(=O)Nc2ccc(F)cc2F)nn1. The molecule has 2 N–H and O–H groups in total. The van der Waals surface area contributed by atoms with Crippen molar-refractivity contribution in [1.29, 1.82) is 0 Å². The molecule has 0 saturated carbocycles. The van der Waals surface area contributed by atoms with Gasteiger partial charge in [-0.25, -0.2) is 13.5 Å². The smallest absolute Gasteiger partial charge is 0.246 e. The minimum Gasteiger partial charge on any atom is -0.322 e. The molecule has 106 valence electrons. The summed E-state index contributed by atoms with van der Waals surface area (Å²) in [5, 5.41) is 12.9. The average Bonchev–Trinajstić information content (AvgIpc) is 2.81. The third-order valence-electron chi connectivity index (χ3n) is 2.45. The molecule has 0 aliphatic heterocycles. The lowest BCUT2D eigenvalue weighted by atomic mass is 10.3. The summed E-state index contributed by atoms with van der Waals surface area (Å²) in [7, 11) is 1.77. The van der Waals surface area contributed by atoms with Crippen molar-refractivity contribution in [3.63, 3.8) is 0 Å². The summed E-state index contributed by atoms with van der Waals surface area (Å²) in [6, 6.07) is 2.94. The number of hydrogen-bond acceptors (Lipinski definition) is 4. The zero-order valence-corrected chi connectivity index (χ0v) is 10.7. The molecule has 2 rings (SSSR count). The minimum atomic E-state index is -0.826. The molecule has 2 aromatic rings. The van der Waals surface area contributed by atoms with Crippen LogP contribution in [0.1, 0.15) is 5.69 Å². The molecule has 6 nitrogen and oxygen atoms in total. The summed E-state index contributed by atoms with van der Waals surface area (Å²) in [6.07, 6.45) is 1.61. The minimum absolute atomic E-state index is 0.0769. The van der Waals surface area contributed by atoms with E-state index in [4.69, 9.17) is 0 Å². The van der Waals surface area contributed by atoms with E-state index in [1.165, 1.54) is 4.68 Å². The van der Waals surface area contributed by atoms with Gasteiger partial charge < -0.3 is 10.6 Å². The van der Waals surface area contributed by atoms with Crippen LogP contribution < -0.4 is 10.6 Å². The summed E-state index contributed by atoms with van der Waals surface area (Å²) in [6.45, 7) is 0.432. The van der Waals surface area contributed by atoms with Gasteiger partial charge in [0.25, 0.3) is 0 Å². The Kier molecular flexibility index (Phi) is 4.36. The van der Waals surface area contributed by atoms with Crippen LogP contribution in [0.4, 0.5) is 14.5 Å². The monoisotopic (exact) mass is 281 g/mol. The van der Waals surface area contributed by atoms with Crippen LogP contribution in [0.5, 0.6) is 0 Å². The number of hydrogen-bond donors (Lipinski definition) is 2. The number of amides is 1. The van der Waals surface area contributed by atoms with E-state index < -0.39 is 17.5 Å². The van der Waals surface area contributed by atoms with Gasteiger partial charge in [-0.1, -0.05) is 5.21 Å². The predicted octanol–water partition coefficient (Wildman–Crippen LogP) is 0.914. The highest BCUT2D eigenvalue weighted by Crippen LogP contribution is 2.14. The number of nitrogens with one attached hydrogen (secondary N) is 2. The van der Waals surface area contributed by atoms with E-state index in [-0.39, 0.29) is 12.2 Å². The molecule has 0 unspecified atom stereocenters. The van der Waals surface area contributed by atoms with Crippen LogP contribution in [-0.4, -0.2) is 27.9 Å². The van der Waals surface area contributed by atoms with Gasteiger partial charge in [0.2, 0.25) is 5.91 Å². The molecule has 0 atom stereocenters. The number of benzene rings is 1. The van der Waals surface area contributed by atoms with Gasteiger partial charge in [-0.05, 0) is 19.2 Å². The molecular weight excluding hydrogens is 268 g/mol. The standard InChI is InChI=1S/C12H13F2N5O/c1-15-5-9-6-19(18-17-9)7-12(20)16-11-3-2-8(13)4-10(11)14/h2-4,6,15H,5,7H2,1H3,(H,16,20). The Morgan fingerprint density at radius 2 is 2.20 bits per heavy atom. The number of nitrogens with zero attached hydrogens (tertiary/aromatic N) is 3. The average molecular weight is 281 g/mol. The van der Waals surface area contributed by atoms with Crippen molar-refractivity contribution in [1.82, 2.24) is 20.3 Å². The number of anilines is 1. The van der Waals surface area contributed by atoms with E-state index in [9.17, 15) is 13.6 Å². The molecule has 0 radical (unpaired) electrons. The third kappa shape index (κ3) is 3.58. The van der Waals surface area contributed by atoms with Gasteiger partial charge >= 0.3 is 0 Å². The summed E-state index contributed by atoms with van der Waals surface area (Å²) in [4.78, 5) is 11.7. The van der Waals surface area contributed by atoms with E-state index in [2.05, 4.69) is 20.9 Å². The van der Waals surface area contributed by atoms with E-state index in [0.29, 0.717) is 18.3 Å². The Hall–Kier alpha value is -2.35. The zero-order valence-electron chi connectivity index (χ0n) is 10.7. The molecular formula is C12H13F2N5O. The van der Waals surface area contributed by atoms with E-state index >= 15 is 0 Å². The Morgan fingerprint density at radius 3 is 2.90 bits per heavy atom. The Balaban J connectivity index is 1.97. The van der Waals surface area contributed by atoms with Crippen LogP contribution in [0, 0.1) is 11.6 Å². The van der Waals surface area contributed by atoms with Gasteiger partial charge in [0.05, 0.1) is 17.6 Å². The van der Waals surface area contributed by atoms with Crippen molar-refractivity contribution in [2.24, 2.45) is 0 Å². The number of carbonyl (C=O) groups excluding carboxylic acids is 1. The normalized spacial score (nSPS) is 10.6. The molecule has 0 aliphatic rings. The van der Waals surface area contributed by atoms with Crippen molar-refractivity contribution in [2.75, 3.05) is 12.4 Å². The second-order valence-corrected chi connectivity index (χ2v) is 4.11. The van der Waals surface area contributed by atoms with Gasteiger partial charge in [-0.2, -0.15) is 0 Å². The molecule has 0 saturated heterocycles. The second-order valence-electron chi connectivity index (χ2n) is 4.11. The van der Waals surface area contributed by atoms with Gasteiger partial charge in [0, 0.05) is 12.6 Å². The van der Waals surface area contributed by atoms with Crippen LogP contribution in [0.25, 0.3) is 0 Å². The fourth-order valence-electron chi connectivity index (χ4n) is 1.61. The molecule has 0 aliphatic carbocycles. The molecule has 0 bridgehead atoms. The van der Waals surface area contributed by atoms with Gasteiger partial charge in [-0.3, -0.25) is 4.79 Å².